The number of nitrogens with zero attached hydrogens (tertiary/aromatic N) is 1. The van der Waals surface area contributed by atoms with Crippen molar-refractivity contribution in [3.8, 4) is 17.2 Å². The number of aliphatic imine (C=N–C) groups is 1. The number of carbonyl (C=O) groups excluding carboxylic acids is 1. The van der Waals surface area contributed by atoms with Gasteiger partial charge in [0.2, 0.25) is 11.6 Å². The molecule has 0 saturated heterocycles. The number of rotatable bonds is 7. The summed E-state index contributed by atoms with van der Waals surface area (Å²) in [6.45, 7) is 0.356. The molecule has 1 aliphatic rings. The normalized spacial score (nSPS) is 14.0. The van der Waals surface area contributed by atoms with Gasteiger partial charge in [-0.3, -0.25) is 0 Å². The zero-order valence-electron chi connectivity index (χ0n) is 19.7. The van der Waals surface area contributed by atoms with Crippen molar-refractivity contribution in [3.05, 3.63) is 105 Å². The first-order valence-electron chi connectivity index (χ1n) is 11.2. The number of methoxy groups -OCH3 is 2. The molecule has 36 heavy (non-hydrogen) atoms. The average molecular weight is 591 g/mol. The highest BCUT2D eigenvalue weighted by atomic mass is 127. The number of hydrogen-bond donors (Lipinski definition) is 0. The average Bonchev–Trinajstić information content (AvgIpc) is 3.27. The lowest BCUT2D eigenvalue weighted by atomic mass is 10.0. The minimum Gasteiger partial charge on any atom is -0.493 e. The molecule has 0 aliphatic carbocycles. The minimum atomic E-state index is -0.519. The first-order chi connectivity index (χ1) is 17.6. The summed E-state index contributed by atoms with van der Waals surface area (Å²) < 4.78 is 23.9. The van der Waals surface area contributed by atoms with E-state index < -0.39 is 5.97 Å². The number of carbonyl (C=O) groups is 1. The summed E-state index contributed by atoms with van der Waals surface area (Å²) in [5.41, 5.74) is 2.64. The number of ether oxygens (including phenoxy) is 4. The largest absolute Gasteiger partial charge is 0.493 e. The molecular formula is C29H22INO5. The lowest BCUT2D eigenvalue weighted by Gasteiger charge is -2.15. The third-order valence-electron chi connectivity index (χ3n) is 5.72. The Balaban J connectivity index is 1.46. The quantitative estimate of drug-likeness (QED) is 0.142. The van der Waals surface area contributed by atoms with Crippen molar-refractivity contribution < 1.29 is 23.7 Å². The Morgan fingerprint density at radius 1 is 0.917 bits per heavy atom. The number of fused-ring (bicyclic) bond motifs is 1. The number of halogens is 1. The predicted molar refractivity (Wildman–Crippen MR) is 148 cm³/mol. The molecule has 0 fully saturated rings. The molecule has 180 valence electrons. The van der Waals surface area contributed by atoms with Crippen LogP contribution < -0.4 is 14.2 Å². The van der Waals surface area contributed by atoms with Crippen LogP contribution >= 0.6 is 22.6 Å². The summed E-state index contributed by atoms with van der Waals surface area (Å²) in [6, 6.07) is 25.3. The zero-order valence-corrected chi connectivity index (χ0v) is 21.8. The van der Waals surface area contributed by atoms with Gasteiger partial charge >= 0.3 is 5.97 Å². The van der Waals surface area contributed by atoms with E-state index in [1.807, 2.05) is 66.7 Å². The van der Waals surface area contributed by atoms with Crippen LogP contribution in [0, 0.1) is 3.57 Å². The second kappa shape index (κ2) is 10.4. The first-order valence-corrected chi connectivity index (χ1v) is 12.3. The SMILES string of the molecule is COc1cc(/C=C2/N=C(c3cccc4ccccc34)OC2=O)cc(OC)c1OCc1ccc(I)cc1. The maximum atomic E-state index is 12.7. The van der Waals surface area contributed by atoms with Crippen LogP contribution in [0.4, 0.5) is 0 Å². The molecule has 1 heterocycles. The van der Waals surface area contributed by atoms with Crippen LogP contribution in [0.2, 0.25) is 0 Å². The predicted octanol–water partition coefficient (Wildman–Crippen LogP) is 6.39. The van der Waals surface area contributed by atoms with Crippen LogP contribution in [0.25, 0.3) is 16.8 Å². The van der Waals surface area contributed by atoms with Crippen molar-refractivity contribution in [3.63, 3.8) is 0 Å². The van der Waals surface area contributed by atoms with E-state index in [1.54, 1.807) is 32.4 Å². The van der Waals surface area contributed by atoms with Gasteiger partial charge in [0.15, 0.2) is 17.2 Å². The molecule has 0 aromatic heterocycles. The maximum Gasteiger partial charge on any atom is 0.363 e. The van der Waals surface area contributed by atoms with Crippen molar-refractivity contribution in [2.45, 2.75) is 6.61 Å². The minimum absolute atomic E-state index is 0.189. The van der Waals surface area contributed by atoms with E-state index in [2.05, 4.69) is 27.6 Å². The fraction of sp³-hybridized carbons (Fsp3) is 0.103. The monoisotopic (exact) mass is 591 g/mol. The molecule has 7 heteroatoms. The molecule has 0 spiro atoms. The summed E-state index contributed by atoms with van der Waals surface area (Å²) in [6.07, 6.45) is 1.65. The van der Waals surface area contributed by atoms with Crippen LogP contribution in [0.15, 0.2) is 89.6 Å². The summed E-state index contributed by atoms with van der Waals surface area (Å²) in [5.74, 6) is 1.21. The lowest BCUT2D eigenvalue weighted by Crippen LogP contribution is -2.06. The zero-order chi connectivity index (χ0) is 25.1. The molecular weight excluding hydrogens is 569 g/mol. The highest BCUT2D eigenvalue weighted by molar-refractivity contribution is 14.1. The summed E-state index contributed by atoms with van der Waals surface area (Å²) in [4.78, 5) is 17.2. The standard InChI is InChI=1S/C29H22INO5/c1-33-25-15-19(16-26(34-2)27(25)35-17-18-10-12-21(30)13-11-18)14-24-29(32)36-28(31-24)23-9-5-7-20-6-3-4-8-22(20)23/h3-16H,17H2,1-2H3/b24-14+. The van der Waals surface area contributed by atoms with Gasteiger partial charge in [0, 0.05) is 9.13 Å². The Bertz CT molecular complexity index is 1480. The lowest BCUT2D eigenvalue weighted by molar-refractivity contribution is -0.129. The van der Waals surface area contributed by atoms with E-state index in [9.17, 15) is 4.79 Å². The van der Waals surface area contributed by atoms with E-state index in [4.69, 9.17) is 18.9 Å². The Morgan fingerprint density at radius 2 is 1.61 bits per heavy atom. The van der Waals surface area contributed by atoms with Gasteiger partial charge < -0.3 is 18.9 Å². The van der Waals surface area contributed by atoms with Gasteiger partial charge in [0.25, 0.3) is 0 Å². The number of hydrogen-bond acceptors (Lipinski definition) is 6. The van der Waals surface area contributed by atoms with E-state index in [0.717, 1.165) is 25.5 Å². The number of cyclic esters (lactones) is 1. The summed E-state index contributed by atoms with van der Waals surface area (Å²) >= 11 is 2.26. The first kappa shape index (κ1) is 23.9. The third-order valence-corrected chi connectivity index (χ3v) is 6.44. The van der Waals surface area contributed by atoms with E-state index in [-0.39, 0.29) is 11.6 Å². The van der Waals surface area contributed by atoms with Crippen molar-refractivity contribution >= 4 is 51.3 Å². The van der Waals surface area contributed by atoms with Gasteiger partial charge in [-0.05, 0) is 80.9 Å². The maximum absolute atomic E-state index is 12.7. The molecule has 0 radical (unpaired) electrons. The second-order valence-corrected chi connectivity index (χ2v) is 9.28. The molecule has 0 atom stereocenters. The molecule has 1 aliphatic heterocycles. The van der Waals surface area contributed by atoms with E-state index in [1.165, 1.54) is 0 Å². The molecule has 0 N–H and O–H groups in total. The fourth-order valence-electron chi connectivity index (χ4n) is 3.96. The Hall–Kier alpha value is -3.85. The molecule has 0 saturated carbocycles. The summed E-state index contributed by atoms with van der Waals surface area (Å²) in [5, 5.41) is 2.01. The highest BCUT2D eigenvalue weighted by Gasteiger charge is 2.26. The molecule has 0 amide bonds. The Morgan fingerprint density at radius 3 is 2.33 bits per heavy atom. The third kappa shape index (κ3) is 4.92. The summed E-state index contributed by atoms with van der Waals surface area (Å²) in [7, 11) is 3.12. The topological polar surface area (TPSA) is 66.4 Å². The van der Waals surface area contributed by atoms with Crippen molar-refractivity contribution in [1.29, 1.82) is 0 Å². The van der Waals surface area contributed by atoms with Gasteiger partial charge in [-0.25, -0.2) is 9.79 Å². The Kier molecular flexibility index (Phi) is 6.90. The number of esters is 1. The van der Waals surface area contributed by atoms with Crippen LogP contribution in [0.1, 0.15) is 16.7 Å². The second-order valence-electron chi connectivity index (χ2n) is 8.03. The van der Waals surface area contributed by atoms with Crippen LogP contribution in [0.3, 0.4) is 0 Å². The van der Waals surface area contributed by atoms with Crippen LogP contribution in [-0.4, -0.2) is 26.1 Å². The van der Waals surface area contributed by atoms with Crippen molar-refractivity contribution in [2.75, 3.05) is 14.2 Å². The highest BCUT2D eigenvalue weighted by Crippen LogP contribution is 2.40. The van der Waals surface area contributed by atoms with Crippen molar-refractivity contribution in [1.82, 2.24) is 0 Å². The van der Waals surface area contributed by atoms with Gasteiger partial charge in [-0.15, -0.1) is 0 Å². The van der Waals surface area contributed by atoms with Gasteiger partial charge in [-0.1, -0.05) is 48.5 Å². The smallest absolute Gasteiger partial charge is 0.363 e. The van der Waals surface area contributed by atoms with Gasteiger partial charge in [0.1, 0.15) is 6.61 Å². The van der Waals surface area contributed by atoms with E-state index >= 15 is 0 Å². The molecule has 5 rings (SSSR count). The van der Waals surface area contributed by atoms with Crippen molar-refractivity contribution in [2.24, 2.45) is 4.99 Å². The fourth-order valence-corrected chi connectivity index (χ4v) is 4.32. The molecule has 6 nitrogen and oxygen atoms in total. The molecule has 4 aromatic rings. The van der Waals surface area contributed by atoms with Crippen LogP contribution in [0.5, 0.6) is 17.2 Å². The molecule has 0 bridgehead atoms. The molecule has 0 unspecified atom stereocenters. The van der Waals surface area contributed by atoms with Crippen LogP contribution in [-0.2, 0) is 16.1 Å². The van der Waals surface area contributed by atoms with E-state index in [0.29, 0.717) is 29.4 Å². The van der Waals surface area contributed by atoms with Gasteiger partial charge in [-0.2, -0.15) is 0 Å². The number of benzene rings is 4. The Labute approximate surface area is 222 Å². The molecule has 4 aromatic carbocycles. The van der Waals surface area contributed by atoms with Gasteiger partial charge in [0.05, 0.1) is 14.2 Å².